The Bertz CT molecular complexity index is 758. The molecule has 0 unspecified atom stereocenters. The predicted molar refractivity (Wildman–Crippen MR) is 96.8 cm³/mol. The fourth-order valence-corrected chi connectivity index (χ4v) is 3.27. The van der Waals surface area contributed by atoms with Crippen LogP contribution in [0.3, 0.4) is 0 Å². The number of para-hydroxylation sites is 2. The summed E-state index contributed by atoms with van der Waals surface area (Å²) >= 11 is 0. The molecule has 5 nitrogen and oxygen atoms in total. The molecule has 0 atom stereocenters. The number of hydrogen-bond acceptors (Lipinski definition) is 4. The lowest BCUT2D eigenvalue weighted by molar-refractivity contribution is 0.0997. The minimum Gasteiger partial charge on any atom is -0.495 e. The fourth-order valence-electron chi connectivity index (χ4n) is 3.27. The smallest absolute Gasteiger partial charge is 0.253 e. The number of ether oxygens (including phenoxy) is 1. The Morgan fingerprint density at radius 3 is 2.60 bits per heavy atom. The van der Waals surface area contributed by atoms with Gasteiger partial charge in [0.2, 0.25) is 0 Å². The van der Waals surface area contributed by atoms with E-state index in [1.807, 2.05) is 24.3 Å². The molecular weight excluding hydrogens is 321 g/mol. The average Bonchev–Trinajstić information content (AvgIpc) is 2.62. The maximum atomic E-state index is 13.9. The third-order valence-corrected chi connectivity index (χ3v) is 4.54. The molecule has 25 heavy (non-hydrogen) atoms. The molecule has 0 saturated carbocycles. The van der Waals surface area contributed by atoms with Gasteiger partial charge in [-0.1, -0.05) is 18.2 Å². The number of hydrogen-bond donors (Lipinski definition) is 2. The van der Waals surface area contributed by atoms with Crippen LogP contribution in [0.1, 0.15) is 23.2 Å². The highest BCUT2D eigenvalue weighted by Crippen LogP contribution is 2.31. The van der Waals surface area contributed by atoms with Gasteiger partial charge in [-0.3, -0.25) is 4.79 Å². The molecule has 1 fully saturated rings. The number of halogens is 1. The van der Waals surface area contributed by atoms with E-state index in [-0.39, 0.29) is 11.6 Å². The van der Waals surface area contributed by atoms with E-state index in [1.165, 1.54) is 6.07 Å². The second kappa shape index (κ2) is 7.42. The van der Waals surface area contributed by atoms with Crippen molar-refractivity contribution >= 4 is 17.3 Å². The van der Waals surface area contributed by atoms with Crippen molar-refractivity contribution in [3.63, 3.8) is 0 Å². The van der Waals surface area contributed by atoms with Gasteiger partial charge in [-0.2, -0.15) is 0 Å². The molecule has 2 aromatic carbocycles. The summed E-state index contributed by atoms with van der Waals surface area (Å²) < 4.78 is 19.3. The van der Waals surface area contributed by atoms with E-state index in [0.29, 0.717) is 5.69 Å². The normalized spacial score (nSPS) is 15.0. The molecule has 2 aromatic rings. The number of nitrogens with two attached hydrogens (primary N) is 1. The summed E-state index contributed by atoms with van der Waals surface area (Å²) in [6, 6.07) is 12.6. The van der Waals surface area contributed by atoms with Gasteiger partial charge in [-0.05, 0) is 37.1 Å². The molecule has 1 saturated heterocycles. The van der Waals surface area contributed by atoms with Crippen LogP contribution in [0.2, 0.25) is 0 Å². The van der Waals surface area contributed by atoms with Crippen LogP contribution in [-0.4, -0.2) is 32.1 Å². The number of methoxy groups -OCH3 is 1. The number of carbonyl (C=O) groups excluding carboxylic acids is 1. The number of anilines is 2. The van der Waals surface area contributed by atoms with Gasteiger partial charge in [0.05, 0.1) is 24.0 Å². The van der Waals surface area contributed by atoms with E-state index in [1.54, 1.807) is 19.2 Å². The van der Waals surface area contributed by atoms with Gasteiger partial charge >= 0.3 is 0 Å². The SMILES string of the molecule is COc1ccccc1N1CCC(Nc2cccc(F)c2C(N)=O)CC1. The van der Waals surface area contributed by atoms with Crippen LogP contribution in [0.5, 0.6) is 5.75 Å². The first-order chi connectivity index (χ1) is 12.1. The molecule has 1 aliphatic heterocycles. The van der Waals surface area contributed by atoms with Crippen LogP contribution in [-0.2, 0) is 0 Å². The van der Waals surface area contributed by atoms with Crippen LogP contribution >= 0.6 is 0 Å². The average molecular weight is 343 g/mol. The highest BCUT2D eigenvalue weighted by molar-refractivity contribution is 5.98. The number of rotatable bonds is 5. The molecule has 0 spiro atoms. The highest BCUT2D eigenvalue weighted by Gasteiger charge is 2.23. The Morgan fingerprint density at radius 2 is 1.92 bits per heavy atom. The molecule has 1 aliphatic rings. The molecule has 3 N–H and O–H groups in total. The lowest BCUT2D eigenvalue weighted by Crippen LogP contribution is -2.39. The van der Waals surface area contributed by atoms with Crippen LogP contribution in [0.15, 0.2) is 42.5 Å². The molecule has 6 heteroatoms. The Morgan fingerprint density at radius 1 is 1.20 bits per heavy atom. The third kappa shape index (κ3) is 3.68. The summed E-state index contributed by atoms with van der Waals surface area (Å²) in [5.41, 5.74) is 6.77. The first-order valence-electron chi connectivity index (χ1n) is 8.33. The van der Waals surface area contributed by atoms with E-state index in [4.69, 9.17) is 10.5 Å². The van der Waals surface area contributed by atoms with Crippen molar-refractivity contribution in [2.75, 3.05) is 30.4 Å². The largest absolute Gasteiger partial charge is 0.495 e. The van der Waals surface area contributed by atoms with Crippen molar-refractivity contribution in [2.45, 2.75) is 18.9 Å². The lowest BCUT2D eigenvalue weighted by Gasteiger charge is -2.35. The molecule has 0 bridgehead atoms. The van der Waals surface area contributed by atoms with Gasteiger partial charge in [0.1, 0.15) is 11.6 Å². The molecule has 1 heterocycles. The summed E-state index contributed by atoms with van der Waals surface area (Å²) in [6.45, 7) is 1.69. The van der Waals surface area contributed by atoms with Gasteiger partial charge in [-0.25, -0.2) is 4.39 Å². The van der Waals surface area contributed by atoms with Gasteiger partial charge in [-0.15, -0.1) is 0 Å². The predicted octanol–water partition coefficient (Wildman–Crippen LogP) is 3.01. The van der Waals surface area contributed by atoms with E-state index in [2.05, 4.69) is 10.2 Å². The van der Waals surface area contributed by atoms with Gasteiger partial charge in [0, 0.05) is 19.1 Å². The lowest BCUT2D eigenvalue weighted by atomic mass is 10.0. The maximum absolute atomic E-state index is 13.9. The second-order valence-electron chi connectivity index (χ2n) is 6.10. The molecule has 0 radical (unpaired) electrons. The summed E-state index contributed by atoms with van der Waals surface area (Å²) in [4.78, 5) is 13.8. The van der Waals surface area contributed by atoms with Gasteiger partial charge in [0.25, 0.3) is 5.91 Å². The standard InChI is InChI=1S/C19H22FN3O2/c1-25-17-8-3-2-7-16(17)23-11-9-13(10-12-23)22-15-6-4-5-14(20)18(15)19(21)24/h2-8,13,22H,9-12H2,1H3,(H2,21,24). The number of amides is 1. The third-order valence-electron chi connectivity index (χ3n) is 4.54. The Labute approximate surface area is 146 Å². The minimum absolute atomic E-state index is 0.0744. The zero-order chi connectivity index (χ0) is 17.8. The number of nitrogens with zero attached hydrogens (tertiary/aromatic N) is 1. The number of piperidine rings is 1. The Hall–Kier alpha value is -2.76. The van der Waals surface area contributed by atoms with Crippen molar-refractivity contribution in [3.8, 4) is 5.75 Å². The number of nitrogens with one attached hydrogen (secondary N) is 1. The summed E-state index contributed by atoms with van der Waals surface area (Å²) in [6.07, 6.45) is 1.74. The maximum Gasteiger partial charge on any atom is 0.253 e. The van der Waals surface area contributed by atoms with E-state index in [0.717, 1.165) is 37.4 Å². The van der Waals surface area contributed by atoms with Crippen molar-refractivity contribution < 1.29 is 13.9 Å². The Kier molecular flexibility index (Phi) is 5.07. The zero-order valence-electron chi connectivity index (χ0n) is 14.2. The van der Waals surface area contributed by atoms with Crippen molar-refractivity contribution in [1.29, 1.82) is 0 Å². The quantitative estimate of drug-likeness (QED) is 0.876. The summed E-state index contributed by atoms with van der Waals surface area (Å²) in [7, 11) is 1.67. The highest BCUT2D eigenvalue weighted by atomic mass is 19.1. The van der Waals surface area contributed by atoms with E-state index in [9.17, 15) is 9.18 Å². The fraction of sp³-hybridized carbons (Fsp3) is 0.316. The van der Waals surface area contributed by atoms with Crippen LogP contribution in [0, 0.1) is 5.82 Å². The first kappa shape index (κ1) is 17.1. The van der Waals surface area contributed by atoms with Crippen molar-refractivity contribution in [2.24, 2.45) is 5.73 Å². The van der Waals surface area contributed by atoms with Crippen LogP contribution in [0.4, 0.5) is 15.8 Å². The van der Waals surface area contributed by atoms with Crippen molar-refractivity contribution in [1.82, 2.24) is 0 Å². The molecule has 1 amide bonds. The van der Waals surface area contributed by atoms with Crippen LogP contribution in [0.25, 0.3) is 0 Å². The van der Waals surface area contributed by atoms with Crippen molar-refractivity contribution in [3.05, 3.63) is 53.8 Å². The van der Waals surface area contributed by atoms with Crippen LogP contribution < -0.4 is 20.7 Å². The summed E-state index contributed by atoms with van der Waals surface area (Å²) in [5, 5.41) is 3.27. The number of carbonyl (C=O) groups is 1. The number of benzene rings is 2. The second-order valence-corrected chi connectivity index (χ2v) is 6.10. The molecule has 0 aromatic heterocycles. The van der Waals surface area contributed by atoms with E-state index >= 15 is 0 Å². The number of primary amides is 1. The molecule has 132 valence electrons. The first-order valence-corrected chi connectivity index (χ1v) is 8.33. The van der Waals surface area contributed by atoms with Gasteiger partial charge < -0.3 is 20.7 Å². The summed E-state index contributed by atoms with van der Waals surface area (Å²) in [5.74, 6) is -0.494. The zero-order valence-corrected chi connectivity index (χ0v) is 14.2. The Balaban J connectivity index is 1.68. The molecular formula is C19H22FN3O2. The topological polar surface area (TPSA) is 67.6 Å². The van der Waals surface area contributed by atoms with E-state index < -0.39 is 11.7 Å². The van der Waals surface area contributed by atoms with Gasteiger partial charge in [0.15, 0.2) is 0 Å². The molecule has 0 aliphatic carbocycles. The minimum atomic E-state index is -0.757. The monoisotopic (exact) mass is 343 g/mol. The molecule has 3 rings (SSSR count).